The minimum atomic E-state index is -0.112. The standard InChI is InChI=1S/C25H33N3O3/c1-5-20-11-8-10-18(2)25(20)28(19(3)17-31-4)24(30)16-27-22-13-7-6-12-21(22)26-23(27)14-9-15-29/h6-8,10-13,19,29H,5,9,14-17H2,1-4H3/t19-/m0/s1. The van der Waals surface area contributed by atoms with E-state index >= 15 is 0 Å². The van der Waals surface area contributed by atoms with Gasteiger partial charge in [-0.2, -0.15) is 0 Å². The molecule has 2 aromatic carbocycles. The molecule has 1 N–H and O–H groups in total. The van der Waals surface area contributed by atoms with Crippen LogP contribution in [0.1, 0.15) is 37.2 Å². The molecule has 0 spiro atoms. The van der Waals surface area contributed by atoms with Crippen molar-refractivity contribution in [2.24, 2.45) is 0 Å². The van der Waals surface area contributed by atoms with Crippen LogP contribution in [0, 0.1) is 6.92 Å². The van der Waals surface area contributed by atoms with E-state index in [1.165, 1.54) is 0 Å². The summed E-state index contributed by atoms with van der Waals surface area (Å²) < 4.78 is 7.40. The lowest BCUT2D eigenvalue weighted by Crippen LogP contribution is -2.44. The smallest absolute Gasteiger partial charge is 0.247 e. The van der Waals surface area contributed by atoms with Crippen molar-refractivity contribution >= 4 is 22.6 Å². The normalized spacial score (nSPS) is 12.3. The number of aryl methyl sites for hydroxylation is 3. The minimum Gasteiger partial charge on any atom is -0.396 e. The van der Waals surface area contributed by atoms with Crippen LogP contribution in [0.3, 0.4) is 0 Å². The van der Waals surface area contributed by atoms with Crippen molar-refractivity contribution in [3.8, 4) is 0 Å². The number of aliphatic hydroxyl groups is 1. The third kappa shape index (κ3) is 4.97. The van der Waals surface area contributed by atoms with Crippen LogP contribution >= 0.6 is 0 Å². The van der Waals surface area contributed by atoms with Gasteiger partial charge in [0.1, 0.15) is 12.4 Å². The number of hydrogen-bond donors (Lipinski definition) is 1. The molecular formula is C25H33N3O3. The zero-order chi connectivity index (χ0) is 22.4. The van der Waals surface area contributed by atoms with Crippen LogP contribution in [0.15, 0.2) is 42.5 Å². The van der Waals surface area contributed by atoms with Crippen LogP contribution in [-0.2, 0) is 28.9 Å². The molecule has 1 atom stereocenters. The van der Waals surface area contributed by atoms with Gasteiger partial charge in [-0.3, -0.25) is 4.79 Å². The van der Waals surface area contributed by atoms with E-state index in [1.807, 2.05) is 59.7 Å². The van der Waals surface area contributed by atoms with Crippen molar-refractivity contribution in [2.75, 3.05) is 25.2 Å². The average Bonchev–Trinajstić information content (AvgIpc) is 3.11. The van der Waals surface area contributed by atoms with Crippen molar-refractivity contribution in [2.45, 2.75) is 52.6 Å². The summed E-state index contributed by atoms with van der Waals surface area (Å²) in [6, 6.07) is 13.9. The van der Waals surface area contributed by atoms with Gasteiger partial charge in [-0.1, -0.05) is 37.3 Å². The van der Waals surface area contributed by atoms with Crippen LogP contribution in [0.4, 0.5) is 5.69 Å². The maximum Gasteiger partial charge on any atom is 0.247 e. The molecule has 0 saturated heterocycles. The van der Waals surface area contributed by atoms with Gasteiger partial charge in [0.25, 0.3) is 0 Å². The second-order valence-electron chi connectivity index (χ2n) is 7.93. The van der Waals surface area contributed by atoms with E-state index in [1.54, 1.807) is 7.11 Å². The van der Waals surface area contributed by atoms with Gasteiger partial charge in [-0.05, 0) is 49.9 Å². The number of benzene rings is 2. The summed E-state index contributed by atoms with van der Waals surface area (Å²) >= 11 is 0. The number of fused-ring (bicyclic) bond motifs is 1. The fourth-order valence-electron chi connectivity index (χ4n) is 4.20. The molecular weight excluding hydrogens is 390 g/mol. The number of nitrogens with zero attached hydrogens (tertiary/aromatic N) is 3. The molecule has 0 unspecified atom stereocenters. The van der Waals surface area contributed by atoms with Gasteiger partial charge in [-0.15, -0.1) is 0 Å². The molecule has 0 aliphatic heterocycles. The number of imidazole rings is 1. The maximum atomic E-state index is 13.8. The number of aromatic nitrogens is 2. The lowest BCUT2D eigenvalue weighted by molar-refractivity contribution is -0.119. The van der Waals surface area contributed by atoms with E-state index in [4.69, 9.17) is 9.72 Å². The summed E-state index contributed by atoms with van der Waals surface area (Å²) in [7, 11) is 1.66. The molecule has 3 aromatic rings. The summed E-state index contributed by atoms with van der Waals surface area (Å²) in [5.74, 6) is 0.824. The molecule has 0 bridgehead atoms. The van der Waals surface area contributed by atoms with Crippen molar-refractivity contribution < 1.29 is 14.6 Å². The number of rotatable bonds is 10. The predicted molar refractivity (Wildman–Crippen MR) is 125 cm³/mol. The zero-order valence-corrected chi connectivity index (χ0v) is 19.0. The van der Waals surface area contributed by atoms with Gasteiger partial charge in [0, 0.05) is 20.1 Å². The highest BCUT2D eigenvalue weighted by Crippen LogP contribution is 2.29. The van der Waals surface area contributed by atoms with Crippen molar-refractivity contribution in [1.29, 1.82) is 0 Å². The third-order valence-corrected chi connectivity index (χ3v) is 5.65. The first-order valence-corrected chi connectivity index (χ1v) is 11.0. The quantitative estimate of drug-likeness (QED) is 0.537. The molecule has 1 aromatic heterocycles. The highest BCUT2D eigenvalue weighted by atomic mass is 16.5. The lowest BCUT2D eigenvalue weighted by Gasteiger charge is -2.32. The molecule has 31 heavy (non-hydrogen) atoms. The first-order valence-electron chi connectivity index (χ1n) is 11.0. The summed E-state index contributed by atoms with van der Waals surface area (Å²) in [4.78, 5) is 20.4. The van der Waals surface area contributed by atoms with E-state index in [9.17, 15) is 9.90 Å². The molecule has 1 amide bonds. The largest absolute Gasteiger partial charge is 0.396 e. The van der Waals surface area contributed by atoms with E-state index in [2.05, 4.69) is 13.0 Å². The summed E-state index contributed by atoms with van der Waals surface area (Å²) in [6.07, 6.45) is 2.08. The van der Waals surface area contributed by atoms with Gasteiger partial charge >= 0.3 is 0 Å². The summed E-state index contributed by atoms with van der Waals surface area (Å²) in [6.45, 7) is 6.91. The van der Waals surface area contributed by atoms with E-state index < -0.39 is 0 Å². The Morgan fingerprint density at radius 3 is 2.71 bits per heavy atom. The molecule has 3 rings (SSSR count). The first kappa shape index (κ1) is 23.0. The topological polar surface area (TPSA) is 67.6 Å². The van der Waals surface area contributed by atoms with Crippen molar-refractivity contribution in [1.82, 2.24) is 9.55 Å². The maximum absolute atomic E-state index is 13.8. The monoisotopic (exact) mass is 423 g/mol. The Kier molecular flexibility index (Phi) is 7.82. The van der Waals surface area contributed by atoms with Gasteiger partial charge in [0.15, 0.2) is 0 Å². The Labute approximate surface area is 184 Å². The highest BCUT2D eigenvalue weighted by Gasteiger charge is 2.27. The molecule has 0 saturated carbocycles. The van der Waals surface area contributed by atoms with Crippen LogP contribution < -0.4 is 4.90 Å². The number of ether oxygens (including phenoxy) is 1. The van der Waals surface area contributed by atoms with Gasteiger partial charge < -0.3 is 19.3 Å². The fraction of sp³-hybridized carbons (Fsp3) is 0.440. The lowest BCUT2D eigenvalue weighted by atomic mass is 10.0. The van der Waals surface area contributed by atoms with Gasteiger partial charge in [0.2, 0.25) is 5.91 Å². The van der Waals surface area contributed by atoms with E-state index in [0.717, 1.165) is 40.1 Å². The Bertz CT molecular complexity index is 1030. The Morgan fingerprint density at radius 2 is 2.00 bits per heavy atom. The van der Waals surface area contributed by atoms with Crippen molar-refractivity contribution in [3.63, 3.8) is 0 Å². The van der Waals surface area contributed by atoms with Gasteiger partial charge in [-0.25, -0.2) is 4.98 Å². The SMILES string of the molecule is CCc1cccc(C)c1N(C(=O)Cn1c(CCCO)nc2ccccc21)[C@@H](C)COC. The third-order valence-electron chi connectivity index (χ3n) is 5.65. The van der Waals surface area contributed by atoms with Crippen LogP contribution in [-0.4, -0.2) is 46.9 Å². The number of anilines is 1. The first-order chi connectivity index (χ1) is 15.0. The Balaban J connectivity index is 2.04. The van der Waals surface area contributed by atoms with Crippen LogP contribution in [0.25, 0.3) is 11.0 Å². The number of aliphatic hydroxyl groups excluding tert-OH is 1. The molecule has 6 heteroatoms. The molecule has 0 aliphatic rings. The average molecular weight is 424 g/mol. The number of para-hydroxylation sites is 3. The molecule has 0 aliphatic carbocycles. The number of carbonyl (C=O) groups excluding carboxylic acids is 1. The second-order valence-corrected chi connectivity index (χ2v) is 7.93. The highest BCUT2D eigenvalue weighted by molar-refractivity contribution is 5.96. The second kappa shape index (κ2) is 10.6. The summed E-state index contributed by atoms with van der Waals surface area (Å²) in [5, 5.41) is 9.31. The van der Waals surface area contributed by atoms with Gasteiger partial charge in [0.05, 0.1) is 29.4 Å². The molecule has 0 fully saturated rings. The number of carbonyl (C=O) groups is 1. The minimum absolute atomic E-state index is 0.00181. The van der Waals surface area contributed by atoms with E-state index in [-0.39, 0.29) is 25.1 Å². The van der Waals surface area contributed by atoms with Crippen LogP contribution in [0.2, 0.25) is 0 Å². The molecule has 166 valence electrons. The van der Waals surface area contributed by atoms with Crippen molar-refractivity contribution in [3.05, 3.63) is 59.4 Å². The molecule has 0 radical (unpaired) electrons. The fourth-order valence-corrected chi connectivity index (χ4v) is 4.20. The molecule has 1 heterocycles. The number of methoxy groups -OCH3 is 1. The van der Waals surface area contributed by atoms with Crippen LogP contribution in [0.5, 0.6) is 0 Å². The van der Waals surface area contributed by atoms with E-state index in [0.29, 0.717) is 19.4 Å². The predicted octanol–water partition coefficient (Wildman–Crippen LogP) is 3.90. The summed E-state index contributed by atoms with van der Waals surface area (Å²) in [5.41, 5.74) is 4.99. The molecule has 6 nitrogen and oxygen atoms in total. The number of amides is 1. The zero-order valence-electron chi connectivity index (χ0n) is 19.0. The number of hydrogen-bond acceptors (Lipinski definition) is 4. The Morgan fingerprint density at radius 1 is 1.23 bits per heavy atom. The Hall–Kier alpha value is -2.70.